The summed E-state index contributed by atoms with van der Waals surface area (Å²) in [5.41, 5.74) is 8.51. The Morgan fingerprint density at radius 3 is 2.80 bits per heavy atom. The van der Waals surface area contributed by atoms with E-state index in [1.54, 1.807) is 0 Å². The van der Waals surface area contributed by atoms with Crippen molar-refractivity contribution < 1.29 is 0 Å². The van der Waals surface area contributed by atoms with E-state index < -0.39 is 0 Å². The molecule has 0 radical (unpaired) electrons. The highest BCUT2D eigenvalue weighted by molar-refractivity contribution is 6.31. The molecule has 2 atom stereocenters. The molecule has 0 amide bonds. The minimum absolute atomic E-state index is 0.302. The van der Waals surface area contributed by atoms with Crippen LogP contribution in [0, 0.1) is 6.92 Å². The Bertz CT molecular complexity index is 433. The van der Waals surface area contributed by atoms with E-state index in [4.69, 9.17) is 17.3 Å². The molecule has 20 heavy (non-hydrogen) atoms. The van der Waals surface area contributed by atoms with Crippen LogP contribution >= 0.6 is 11.6 Å². The summed E-state index contributed by atoms with van der Waals surface area (Å²) in [6.45, 7) is 6.16. The summed E-state index contributed by atoms with van der Waals surface area (Å²) < 4.78 is 0. The minimum Gasteiger partial charge on any atom is -0.329 e. The molecule has 1 aliphatic heterocycles. The van der Waals surface area contributed by atoms with Gasteiger partial charge in [-0.15, -0.1) is 0 Å². The minimum atomic E-state index is 0.302. The summed E-state index contributed by atoms with van der Waals surface area (Å²) in [7, 11) is 0. The average Bonchev–Trinajstić information content (AvgIpc) is 2.69. The third-order valence-electron chi connectivity index (χ3n) is 4.60. The predicted octanol–water partition coefficient (Wildman–Crippen LogP) is 4.30. The quantitative estimate of drug-likeness (QED) is 0.897. The molecular weight excluding hydrogens is 268 g/mol. The Morgan fingerprint density at radius 2 is 2.15 bits per heavy atom. The number of nitrogens with two attached hydrogens (primary N) is 1. The van der Waals surface area contributed by atoms with Gasteiger partial charge in [0.25, 0.3) is 0 Å². The number of rotatable bonds is 4. The fourth-order valence-corrected chi connectivity index (χ4v) is 3.52. The maximum absolute atomic E-state index is 6.30. The Kier molecular flexibility index (Phi) is 5.88. The largest absolute Gasteiger partial charge is 0.329 e. The summed E-state index contributed by atoms with van der Waals surface area (Å²) in [6.07, 6.45) is 6.48. The van der Waals surface area contributed by atoms with Gasteiger partial charge in [0.1, 0.15) is 0 Å². The normalized spacial score (nSPS) is 22.5. The SMILES string of the molecule is CCC1CCCCCN1C(CN)c1ccc(C)c(Cl)c1. The maximum Gasteiger partial charge on any atom is 0.0473 e. The van der Waals surface area contributed by atoms with Gasteiger partial charge in [0.2, 0.25) is 0 Å². The summed E-state index contributed by atoms with van der Waals surface area (Å²) in [5.74, 6) is 0. The third kappa shape index (κ3) is 3.55. The van der Waals surface area contributed by atoms with Gasteiger partial charge >= 0.3 is 0 Å². The molecule has 1 heterocycles. The lowest BCUT2D eigenvalue weighted by Crippen LogP contribution is -2.41. The lowest BCUT2D eigenvalue weighted by Gasteiger charge is -2.36. The van der Waals surface area contributed by atoms with Gasteiger partial charge in [-0.05, 0) is 49.9 Å². The van der Waals surface area contributed by atoms with Gasteiger partial charge in [-0.1, -0.05) is 43.5 Å². The van der Waals surface area contributed by atoms with Crippen LogP contribution in [0.1, 0.15) is 56.2 Å². The molecule has 0 saturated carbocycles. The summed E-state index contributed by atoms with van der Waals surface area (Å²) in [6, 6.07) is 7.36. The number of likely N-dealkylation sites (tertiary alicyclic amines) is 1. The third-order valence-corrected chi connectivity index (χ3v) is 5.01. The van der Waals surface area contributed by atoms with Crippen molar-refractivity contribution in [2.45, 2.75) is 58.0 Å². The van der Waals surface area contributed by atoms with E-state index in [1.807, 2.05) is 6.92 Å². The van der Waals surface area contributed by atoms with Crippen LogP contribution in [0.2, 0.25) is 5.02 Å². The first kappa shape index (κ1) is 15.8. The van der Waals surface area contributed by atoms with E-state index in [0.29, 0.717) is 18.6 Å². The van der Waals surface area contributed by atoms with Crippen LogP contribution in [0.5, 0.6) is 0 Å². The zero-order valence-corrected chi connectivity index (χ0v) is 13.5. The zero-order valence-electron chi connectivity index (χ0n) is 12.7. The average molecular weight is 295 g/mol. The van der Waals surface area contributed by atoms with Gasteiger partial charge in [0.15, 0.2) is 0 Å². The van der Waals surface area contributed by atoms with Crippen molar-refractivity contribution in [3.63, 3.8) is 0 Å². The molecule has 2 nitrogen and oxygen atoms in total. The van der Waals surface area contributed by atoms with E-state index in [0.717, 1.165) is 17.1 Å². The second kappa shape index (κ2) is 7.44. The van der Waals surface area contributed by atoms with Crippen molar-refractivity contribution in [3.8, 4) is 0 Å². The molecule has 1 aromatic rings. The van der Waals surface area contributed by atoms with E-state index >= 15 is 0 Å². The molecule has 1 saturated heterocycles. The van der Waals surface area contributed by atoms with Crippen LogP contribution in [-0.4, -0.2) is 24.0 Å². The number of hydrogen-bond donors (Lipinski definition) is 1. The highest BCUT2D eigenvalue weighted by Crippen LogP contribution is 2.30. The van der Waals surface area contributed by atoms with Gasteiger partial charge in [-0.3, -0.25) is 4.90 Å². The molecule has 2 unspecified atom stereocenters. The Balaban J connectivity index is 2.26. The van der Waals surface area contributed by atoms with Crippen LogP contribution in [0.25, 0.3) is 0 Å². The lowest BCUT2D eigenvalue weighted by atomic mass is 9.99. The van der Waals surface area contributed by atoms with Gasteiger partial charge in [-0.25, -0.2) is 0 Å². The molecule has 2 N–H and O–H groups in total. The van der Waals surface area contributed by atoms with Crippen molar-refractivity contribution in [3.05, 3.63) is 34.3 Å². The smallest absolute Gasteiger partial charge is 0.0473 e. The molecule has 3 heteroatoms. The van der Waals surface area contributed by atoms with Gasteiger partial charge < -0.3 is 5.73 Å². The first-order valence-corrected chi connectivity index (χ1v) is 8.27. The van der Waals surface area contributed by atoms with E-state index in [2.05, 4.69) is 30.0 Å². The van der Waals surface area contributed by atoms with Crippen molar-refractivity contribution >= 4 is 11.6 Å². The zero-order chi connectivity index (χ0) is 14.5. The molecule has 1 aromatic carbocycles. The molecular formula is C17H27ClN2. The van der Waals surface area contributed by atoms with Crippen molar-refractivity contribution in [1.29, 1.82) is 0 Å². The fraction of sp³-hybridized carbons (Fsp3) is 0.647. The molecule has 1 aliphatic rings. The highest BCUT2D eigenvalue weighted by Gasteiger charge is 2.27. The topological polar surface area (TPSA) is 29.3 Å². The Hall–Kier alpha value is -0.570. The number of nitrogens with zero attached hydrogens (tertiary/aromatic N) is 1. The van der Waals surface area contributed by atoms with Crippen molar-refractivity contribution in [1.82, 2.24) is 4.90 Å². The first-order chi connectivity index (χ1) is 9.67. The molecule has 0 spiro atoms. The first-order valence-electron chi connectivity index (χ1n) is 7.89. The van der Waals surface area contributed by atoms with E-state index in [1.165, 1.54) is 37.7 Å². The van der Waals surface area contributed by atoms with E-state index in [9.17, 15) is 0 Å². The van der Waals surface area contributed by atoms with Gasteiger partial charge in [0.05, 0.1) is 0 Å². The lowest BCUT2D eigenvalue weighted by molar-refractivity contribution is 0.136. The van der Waals surface area contributed by atoms with Gasteiger partial charge in [0, 0.05) is 23.7 Å². The van der Waals surface area contributed by atoms with Crippen LogP contribution in [0.15, 0.2) is 18.2 Å². The predicted molar refractivity (Wildman–Crippen MR) is 87.2 cm³/mol. The van der Waals surface area contributed by atoms with Crippen LogP contribution in [0.3, 0.4) is 0 Å². The Labute approximate surface area is 128 Å². The number of aryl methyl sites for hydroxylation is 1. The van der Waals surface area contributed by atoms with Crippen LogP contribution in [0.4, 0.5) is 0 Å². The van der Waals surface area contributed by atoms with Crippen molar-refractivity contribution in [2.75, 3.05) is 13.1 Å². The highest BCUT2D eigenvalue weighted by atomic mass is 35.5. The molecule has 0 aromatic heterocycles. The fourth-order valence-electron chi connectivity index (χ4n) is 3.33. The van der Waals surface area contributed by atoms with Crippen LogP contribution < -0.4 is 5.73 Å². The number of benzene rings is 1. The monoisotopic (exact) mass is 294 g/mol. The second-order valence-corrected chi connectivity index (χ2v) is 6.32. The summed E-state index contributed by atoms with van der Waals surface area (Å²) in [5, 5.41) is 0.851. The molecule has 0 aliphatic carbocycles. The standard InChI is InChI=1S/C17H27ClN2/c1-3-15-7-5-4-6-10-20(15)17(12-19)14-9-8-13(2)16(18)11-14/h8-9,11,15,17H,3-7,10,12,19H2,1-2H3. The molecule has 1 fully saturated rings. The van der Waals surface area contributed by atoms with Crippen LogP contribution in [-0.2, 0) is 0 Å². The number of hydrogen-bond acceptors (Lipinski definition) is 2. The molecule has 2 rings (SSSR count). The molecule has 112 valence electrons. The number of halogens is 1. The van der Waals surface area contributed by atoms with Crippen molar-refractivity contribution in [2.24, 2.45) is 5.73 Å². The summed E-state index contributed by atoms with van der Waals surface area (Å²) in [4.78, 5) is 2.62. The molecule has 0 bridgehead atoms. The second-order valence-electron chi connectivity index (χ2n) is 5.91. The maximum atomic E-state index is 6.30. The van der Waals surface area contributed by atoms with Gasteiger partial charge in [-0.2, -0.15) is 0 Å². The van der Waals surface area contributed by atoms with E-state index in [-0.39, 0.29) is 0 Å². The Morgan fingerprint density at radius 1 is 1.35 bits per heavy atom. The summed E-state index contributed by atoms with van der Waals surface area (Å²) >= 11 is 6.30.